The molecule has 3 nitrogen and oxygen atoms in total. The standard InChI is InChI=1S/C12H17NO2S.Na/c1-4-5-12(7-8(2)3)9(14)6-10(16)13-11(12)15;/h4,8H,1,5-7H2,2-3H3,(H,13,15,16);/q;+1/p-1. The summed E-state index contributed by atoms with van der Waals surface area (Å²) in [7, 11) is 0. The predicted octanol–water partition coefficient (Wildman–Crippen LogP) is -0.956. The maximum Gasteiger partial charge on any atom is 1.00 e. The number of hydrogen-bond donors (Lipinski definition) is 0. The van der Waals surface area contributed by atoms with E-state index in [0.717, 1.165) is 0 Å². The second-order valence-corrected chi connectivity index (χ2v) is 5.05. The van der Waals surface area contributed by atoms with E-state index in [9.17, 15) is 9.59 Å². The first kappa shape index (κ1) is 17.0. The Kier molecular flexibility index (Phi) is 6.77. The third-order valence-corrected chi connectivity index (χ3v) is 2.97. The molecule has 0 saturated carbocycles. The van der Waals surface area contributed by atoms with Gasteiger partial charge in [-0.1, -0.05) is 25.0 Å². The number of aliphatic imine (C=N–C) groups is 1. The van der Waals surface area contributed by atoms with Crippen molar-refractivity contribution in [2.45, 2.75) is 33.1 Å². The number of carbonyl (C=O) groups excluding carboxylic acids is 2. The van der Waals surface area contributed by atoms with Gasteiger partial charge >= 0.3 is 29.6 Å². The Balaban J connectivity index is 0.00000256. The minimum atomic E-state index is -1.00. The number of carbonyl (C=O) groups is 2. The number of amides is 1. The molecule has 0 aliphatic carbocycles. The summed E-state index contributed by atoms with van der Waals surface area (Å²) in [6, 6.07) is 0. The maximum absolute atomic E-state index is 12.0. The molecule has 0 aromatic heterocycles. The van der Waals surface area contributed by atoms with E-state index in [1.54, 1.807) is 6.08 Å². The first-order valence-electron chi connectivity index (χ1n) is 5.35. The molecule has 0 bridgehead atoms. The summed E-state index contributed by atoms with van der Waals surface area (Å²) >= 11 is 4.83. The van der Waals surface area contributed by atoms with Crippen LogP contribution in [0.5, 0.6) is 0 Å². The van der Waals surface area contributed by atoms with Crippen molar-refractivity contribution in [3.8, 4) is 0 Å². The van der Waals surface area contributed by atoms with Gasteiger partial charge in [-0.3, -0.25) is 9.59 Å². The van der Waals surface area contributed by atoms with Crippen LogP contribution in [0.4, 0.5) is 0 Å². The Morgan fingerprint density at radius 2 is 2.12 bits per heavy atom. The molecule has 0 radical (unpaired) electrons. The molecule has 1 heterocycles. The van der Waals surface area contributed by atoms with Crippen LogP contribution in [0.3, 0.4) is 0 Å². The van der Waals surface area contributed by atoms with Crippen LogP contribution in [0.1, 0.15) is 33.1 Å². The molecule has 1 rings (SSSR count). The first-order chi connectivity index (χ1) is 7.42. The summed E-state index contributed by atoms with van der Waals surface area (Å²) in [6.45, 7) is 7.58. The summed E-state index contributed by atoms with van der Waals surface area (Å²) in [5.41, 5.74) is -1.00. The van der Waals surface area contributed by atoms with Crippen molar-refractivity contribution in [3.05, 3.63) is 12.7 Å². The van der Waals surface area contributed by atoms with E-state index in [1.165, 1.54) is 0 Å². The van der Waals surface area contributed by atoms with E-state index >= 15 is 0 Å². The fraction of sp³-hybridized carbons (Fsp3) is 0.583. The van der Waals surface area contributed by atoms with E-state index in [0.29, 0.717) is 12.8 Å². The van der Waals surface area contributed by atoms with Crippen LogP contribution in [-0.2, 0) is 22.2 Å². The van der Waals surface area contributed by atoms with Crippen LogP contribution in [0.25, 0.3) is 0 Å². The van der Waals surface area contributed by atoms with Gasteiger partial charge in [0.2, 0.25) is 0 Å². The van der Waals surface area contributed by atoms with Gasteiger partial charge in [0.05, 0.1) is 0 Å². The van der Waals surface area contributed by atoms with Crippen molar-refractivity contribution in [2.75, 3.05) is 0 Å². The molecular formula is C12H16NNaO2S. The van der Waals surface area contributed by atoms with Crippen molar-refractivity contribution < 1.29 is 39.1 Å². The van der Waals surface area contributed by atoms with Gasteiger partial charge < -0.3 is 12.6 Å². The number of nitrogens with zero attached hydrogens (tertiary/aromatic N) is 1. The van der Waals surface area contributed by atoms with Gasteiger partial charge in [-0.05, 0) is 18.8 Å². The molecule has 0 saturated heterocycles. The number of hydrogen-bond acceptors (Lipinski definition) is 3. The van der Waals surface area contributed by atoms with E-state index in [-0.39, 0.29) is 58.6 Å². The molecule has 1 amide bonds. The second-order valence-electron chi connectivity index (χ2n) is 4.58. The Morgan fingerprint density at radius 1 is 1.53 bits per heavy atom. The Labute approximate surface area is 130 Å². The molecule has 0 aromatic carbocycles. The summed E-state index contributed by atoms with van der Waals surface area (Å²) in [5, 5.41) is 0.207. The zero-order chi connectivity index (χ0) is 12.3. The van der Waals surface area contributed by atoms with E-state index in [2.05, 4.69) is 11.6 Å². The third kappa shape index (κ3) is 3.71. The molecule has 1 aliphatic rings. The monoisotopic (exact) mass is 261 g/mol. The summed E-state index contributed by atoms with van der Waals surface area (Å²) in [6.07, 6.45) is 2.60. The summed E-state index contributed by atoms with van der Waals surface area (Å²) in [4.78, 5) is 27.8. The fourth-order valence-corrected chi connectivity index (χ4v) is 2.33. The molecule has 0 aromatic rings. The van der Waals surface area contributed by atoms with Gasteiger partial charge in [-0.15, -0.1) is 6.58 Å². The van der Waals surface area contributed by atoms with Gasteiger partial charge in [-0.2, -0.15) is 0 Å². The Hall–Kier alpha value is -0.0300. The van der Waals surface area contributed by atoms with Gasteiger partial charge in [0, 0.05) is 6.42 Å². The molecule has 17 heavy (non-hydrogen) atoms. The van der Waals surface area contributed by atoms with Crippen LogP contribution >= 0.6 is 0 Å². The van der Waals surface area contributed by atoms with Crippen molar-refractivity contribution >= 4 is 29.4 Å². The zero-order valence-corrected chi connectivity index (χ0v) is 13.5. The smallest absolute Gasteiger partial charge is 0.764 e. The predicted molar refractivity (Wildman–Crippen MR) is 66.1 cm³/mol. The molecule has 1 atom stereocenters. The number of Topliss-reactive ketones (excluding diaryl/α,β-unsaturated/α-hetero) is 1. The molecule has 5 heteroatoms. The second kappa shape index (κ2) is 6.78. The van der Waals surface area contributed by atoms with Crippen LogP contribution in [0.2, 0.25) is 0 Å². The van der Waals surface area contributed by atoms with Gasteiger partial charge in [0.1, 0.15) is 5.41 Å². The zero-order valence-electron chi connectivity index (χ0n) is 10.7. The minimum Gasteiger partial charge on any atom is -0.764 e. The first-order valence-corrected chi connectivity index (χ1v) is 5.76. The van der Waals surface area contributed by atoms with Crippen molar-refractivity contribution in [1.29, 1.82) is 0 Å². The van der Waals surface area contributed by atoms with Crippen molar-refractivity contribution in [2.24, 2.45) is 16.3 Å². The molecule has 0 fully saturated rings. The van der Waals surface area contributed by atoms with E-state index in [4.69, 9.17) is 12.6 Å². The summed E-state index contributed by atoms with van der Waals surface area (Å²) in [5.74, 6) is -0.233. The molecule has 1 aliphatic heterocycles. The average molecular weight is 261 g/mol. The molecule has 0 spiro atoms. The number of rotatable bonds is 4. The van der Waals surface area contributed by atoms with Crippen molar-refractivity contribution in [1.82, 2.24) is 0 Å². The number of allylic oxidation sites excluding steroid dienone is 1. The van der Waals surface area contributed by atoms with Gasteiger partial charge in [-0.25, -0.2) is 4.99 Å². The van der Waals surface area contributed by atoms with Crippen molar-refractivity contribution in [3.63, 3.8) is 0 Å². The SMILES string of the molecule is C=CCC1(CC(C)C)C(=O)CC([S-])=NC1=O.[Na+]. The topological polar surface area (TPSA) is 46.5 Å². The average Bonchev–Trinajstić information content (AvgIpc) is 2.13. The quantitative estimate of drug-likeness (QED) is 0.283. The van der Waals surface area contributed by atoms with Crippen LogP contribution in [-0.4, -0.2) is 16.7 Å². The molecule has 88 valence electrons. The normalized spacial score (nSPS) is 24.3. The van der Waals surface area contributed by atoms with E-state index < -0.39 is 5.41 Å². The maximum atomic E-state index is 12.0. The fourth-order valence-electron chi connectivity index (χ4n) is 2.11. The summed E-state index contributed by atoms with van der Waals surface area (Å²) < 4.78 is 0. The molecule has 0 N–H and O–H groups in total. The molecular weight excluding hydrogens is 245 g/mol. The van der Waals surface area contributed by atoms with E-state index in [1.807, 2.05) is 13.8 Å². The molecule has 1 unspecified atom stereocenters. The van der Waals surface area contributed by atoms with Gasteiger partial charge in [0.25, 0.3) is 5.91 Å². The minimum absolute atomic E-state index is 0. The van der Waals surface area contributed by atoms with Crippen LogP contribution in [0.15, 0.2) is 17.6 Å². The number of ketones is 1. The van der Waals surface area contributed by atoms with Crippen LogP contribution in [0, 0.1) is 11.3 Å². The van der Waals surface area contributed by atoms with Crippen LogP contribution < -0.4 is 29.6 Å². The van der Waals surface area contributed by atoms with Gasteiger partial charge in [0.15, 0.2) is 5.78 Å². The largest absolute Gasteiger partial charge is 1.00 e. The Morgan fingerprint density at radius 3 is 2.53 bits per heavy atom. The Bertz CT molecular complexity index is 366. The third-order valence-electron chi connectivity index (χ3n) is 2.73.